The first kappa shape index (κ1) is 20.1. The summed E-state index contributed by atoms with van der Waals surface area (Å²) in [5.41, 5.74) is 1.16. The van der Waals surface area contributed by atoms with Crippen molar-refractivity contribution in [1.82, 2.24) is 19.8 Å². The number of carbonyl (C=O) groups excluding carboxylic acids is 1. The summed E-state index contributed by atoms with van der Waals surface area (Å²) in [4.78, 5) is 42.4. The average molecular weight is 406 g/mol. The SMILES string of the molecule is CCn1c(=O)[nH]c2cc(C(=O)NCC(c3ccccc3)N3CCCC3)ccc2c1=O. The predicted octanol–water partition coefficient (Wildman–Crippen LogP) is 2.28. The number of benzene rings is 2. The van der Waals surface area contributed by atoms with Crippen molar-refractivity contribution in [1.29, 1.82) is 0 Å². The highest BCUT2D eigenvalue weighted by atomic mass is 16.2. The first-order valence-corrected chi connectivity index (χ1v) is 10.4. The van der Waals surface area contributed by atoms with Crippen LogP contribution in [0.4, 0.5) is 0 Å². The first-order chi connectivity index (χ1) is 14.6. The molecular weight excluding hydrogens is 380 g/mol. The second kappa shape index (κ2) is 8.67. The van der Waals surface area contributed by atoms with Crippen LogP contribution in [-0.2, 0) is 6.54 Å². The fourth-order valence-electron chi connectivity index (χ4n) is 4.16. The van der Waals surface area contributed by atoms with E-state index in [1.807, 2.05) is 18.2 Å². The van der Waals surface area contributed by atoms with E-state index in [2.05, 4.69) is 27.3 Å². The molecule has 0 radical (unpaired) electrons. The van der Waals surface area contributed by atoms with Gasteiger partial charge < -0.3 is 10.3 Å². The molecule has 0 saturated carbocycles. The molecule has 0 bridgehead atoms. The van der Waals surface area contributed by atoms with Crippen molar-refractivity contribution < 1.29 is 4.79 Å². The van der Waals surface area contributed by atoms with Gasteiger partial charge in [-0.2, -0.15) is 0 Å². The van der Waals surface area contributed by atoms with Crippen molar-refractivity contribution >= 4 is 16.8 Å². The zero-order valence-electron chi connectivity index (χ0n) is 17.1. The number of hydrogen-bond acceptors (Lipinski definition) is 4. The second-order valence-electron chi connectivity index (χ2n) is 7.62. The highest BCUT2D eigenvalue weighted by Gasteiger charge is 2.24. The Morgan fingerprint density at radius 1 is 1.10 bits per heavy atom. The monoisotopic (exact) mass is 406 g/mol. The van der Waals surface area contributed by atoms with Gasteiger partial charge in [0, 0.05) is 18.7 Å². The Labute approximate surface area is 174 Å². The molecule has 7 nitrogen and oxygen atoms in total. The van der Waals surface area contributed by atoms with Gasteiger partial charge in [-0.3, -0.25) is 19.1 Å². The number of likely N-dealkylation sites (tertiary alicyclic amines) is 1. The van der Waals surface area contributed by atoms with Gasteiger partial charge in [-0.25, -0.2) is 4.79 Å². The summed E-state index contributed by atoms with van der Waals surface area (Å²) in [5, 5.41) is 3.43. The van der Waals surface area contributed by atoms with Crippen LogP contribution in [0, 0.1) is 0 Å². The number of fused-ring (bicyclic) bond motifs is 1. The first-order valence-electron chi connectivity index (χ1n) is 10.4. The molecule has 7 heteroatoms. The highest BCUT2D eigenvalue weighted by molar-refractivity contribution is 5.97. The Morgan fingerprint density at radius 3 is 2.53 bits per heavy atom. The number of aromatic amines is 1. The Kier molecular flexibility index (Phi) is 5.81. The zero-order valence-corrected chi connectivity index (χ0v) is 17.1. The fraction of sp³-hybridized carbons (Fsp3) is 0.348. The van der Waals surface area contributed by atoms with Gasteiger partial charge in [0.05, 0.1) is 16.9 Å². The van der Waals surface area contributed by atoms with Crippen molar-refractivity contribution in [2.45, 2.75) is 32.4 Å². The minimum Gasteiger partial charge on any atom is -0.350 e. The molecule has 1 aliphatic rings. The van der Waals surface area contributed by atoms with Gasteiger partial charge in [0.15, 0.2) is 0 Å². The Bertz CT molecular complexity index is 1160. The van der Waals surface area contributed by atoms with Crippen LogP contribution in [0.3, 0.4) is 0 Å². The van der Waals surface area contributed by atoms with E-state index in [0.29, 0.717) is 29.6 Å². The van der Waals surface area contributed by atoms with E-state index in [9.17, 15) is 14.4 Å². The van der Waals surface area contributed by atoms with Crippen LogP contribution < -0.4 is 16.6 Å². The molecule has 1 fully saturated rings. The lowest BCUT2D eigenvalue weighted by atomic mass is 10.1. The van der Waals surface area contributed by atoms with Crippen LogP contribution in [0.25, 0.3) is 10.9 Å². The lowest BCUT2D eigenvalue weighted by Gasteiger charge is -2.28. The van der Waals surface area contributed by atoms with Crippen molar-refractivity contribution in [2.75, 3.05) is 19.6 Å². The van der Waals surface area contributed by atoms with Crippen LogP contribution in [0.1, 0.15) is 41.7 Å². The molecule has 2 aromatic carbocycles. The third-order valence-electron chi connectivity index (χ3n) is 5.78. The quantitative estimate of drug-likeness (QED) is 0.658. The maximum Gasteiger partial charge on any atom is 0.328 e. The number of amides is 1. The van der Waals surface area contributed by atoms with E-state index in [4.69, 9.17) is 0 Å². The smallest absolute Gasteiger partial charge is 0.328 e. The fourth-order valence-corrected chi connectivity index (χ4v) is 4.16. The molecule has 4 rings (SSSR count). The van der Waals surface area contributed by atoms with E-state index in [1.54, 1.807) is 25.1 Å². The third-order valence-corrected chi connectivity index (χ3v) is 5.78. The standard InChI is InChI=1S/C23H26N4O3/c1-2-27-22(29)18-11-10-17(14-19(18)25-23(27)30)21(28)24-15-20(26-12-6-7-13-26)16-8-4-3-5-9-16/h3-5,8-11,14,20H,2,6-7,12-13,15H2,1H3,(H,24,28)(H,25,30). The molecule has 1 unspecified atom stereocenters. The molecule has 1 aromatic heterocycles. The van der Waals surface area contributed by atoms with Crippen molar-refractivity contribution in [3.8, 4) is 0 Å². The maximum atomic E-state index is 12.8. The summed E-state index contributed by atoms with van der Waals surface area (Å²) < 4.78 is 1.14. The van der Waals surface area contributed by atoms with Crippen LogP contribution in [0.5, 0.6) is 0 Å². The summed E-state index contributed by atoms with van der Waals surface area (Å²) in [6.45, 7) is 4.58. The van der Waals surface area contributed by atoms with E-state index >= 15 is 0 Å². The number of nitrogens with zero attached hydrogens (tertiary/aromatic N) is 2. The molecule has 30 heavy (non-hydrogen) atoms. The molecule has 0 spiro atoms. The van der Waals surface area contributed by atoms with Crippen molar-refractivity contribution in [3.63, 3.8) is 0 Å². The number of nitrogens with one attached hydrogen (secondary N) is 2. The summed E-state index contributed by atoms with van der Waals surface area (Å²) in [6, 6.07) is 15.1. The van der Waals surface area contributed by atoms with Crippen molar-refractivity contribution in [3.05, 3.63) is 80.5 Å². The Balaban J connectivity index is 1.56. The predicted molar refractivity (Wildman–Crippen MR) is 117 cm³/mol. The van der Waals surface area contributed by atoms with Gasteiger partial charge in [-0.15, -0.1) is 0 Å². The van der Waals surface area contributed by atoms with Gasteiger partial charge in [-0.05, 0) is 56.6 Å². The number of rotatable bonds is 6. The molecule has 1 aliphatic heterocycles. The molecule has 1 saturated heterocycles. The average Bonchev–Trinajstić information content (AvgIpc) is 3.29. The van der Waals surface area contributed by atoms with E-state index in [1.165, 1.54) is 18.4 Å². The molecule has 0 aliphatic carbocycles. The van der Waals surface area contributed by atoms with Gasteiger partial charge in [-0.1, -0.05) is 30.3 Å². The van der Waals surface area contributed by atoms with Gasteiger partial charge in [0.2, 0.25) is 0 Å². The van der Waals surface area contributed by atoms with Gasteiger partial charge in [0.1, 0.15) is 0 Å². The van der Waals surface area contributed by atoms with Gasteiger partial charge >= 0.3 is 5.69 Å². The normalized spacial score (nSPS) is 15.4. The number of H-pyrrole nitrogens is 1. The number of aromatic nitrogens is 2. The Morgan fingerprint density at radius 2 is 1.83 bits per heavy atom. The molecular formula is C23H26N4O3. The molecule has 3 aromatic rings. The van der Waals surface area contributed by atoms with E-state index in [-0.39, 0.29) is 17.5 Å². The Hall–Kier alpha value is -3.19. The molecule has 156 valence electrons. The molecule has 1 atom stereocenters. The van der Waals surface area contributed by atoms with Gasteiger partial charge in [0.25, 0.3) is 11.5 Å². The van der Waals surface area contributed by atoms with Crippen LogP contribution >= 0.6 is 0 Å². The molecule has 2 heterocycles. The van der Waals surface area contributed by atoms with Crippen LogP contribution in [0.15, 0.2) is 58.1 Å². The topological polar surface area (TPSA) is 87.2 Å². The van der Waals surface area contributed by atoms with Crippen LogP contribution in [-0.4, -0.2) is 40.0 Å². The lowest BCUT2D eigenvalue weighted by Crippen LogP contribution is -2.37. The zero-order chi connectivity index (χ0) is 21.1. The number of hydrogen-bond donors (Lipinski definition) is 2. The summed E-state index contributed by atoms with van der Waals surface area (Å²) in [6.07, 6.45) is 2.34. The molecule has 1 amide bonds. The number of carbonyl (C=O) groups is 1. The summed E-state index contributed by atoms with van der Waals surface area (Å²) >= 11 is 0. The second-order valence-corrected chi connectivity index (χ2v) is 7.62. The minimum atomic E-state index is -0.467. The van der Waals surface area contributed by atoms with E-state index < -0.39 is 5.69 Å². The van der Waals surface area contributed by atoms with Crippen LogP contribution in [0.2, 0.25) is 0 Å². The third kappa shape index (κ3) is 3.93. The maximum absolute atomic E-state index is 12.8. The van der Waals surface area contributed by atoms with Crippen molar-refractivity contribution in [2.24, 2.45) is 0 Å². The lowest BCUT2D eigenvalue weighted by molar-refractivity contribution is 0.0938. The largest absolute Gasteiger partial charge is 0.350 e. The molecule has 2 N–H and O–H groups in total. The summed E-state index contributed by atoms with van der Waals surface area (Å²) in [7, 11) is 0. The van der Waals surface area contributed by atoms with E-state index in [0.717, 1.165) is 17.7 Å². The minimum absolute atomic E-state index is 0.120. The highest BCUT2D eigenvalue weighted by Crippen LogP contribution is 2.24. The summed E-state index contributed by atoms with van der Waals surface area (Å²) in [5.74, 6) is -0.224.